The van der Waals surface area contributed by atoms with Gasteiger partial charge in [-0.05, 0) is 31.4 Å². The van der Waals surface area contributed by atoms with Gasteiger partial charge in [0.05, 0.1) is 17.2 Å². The minimum absolute atomic E-state index is 0.0438. The van der Waals surface area contributed by atoms with Crippen molar-refractivity contribution in [3.05, 3.63) is 35.4 Å². The van der Waals surface area contributed by atoms with Gasteiger partial charge < -0.3 is 10.6 Å². The van der Waals surface area contributed by atoms with Gasteiger partial charge in [-0.2, -0.15) is 5.26 Å². The number of amides is 1. The second kappa shape index (κ2) is 7.06. The number of carbonyl (C=O) groups is 1. The molecule has 0 aliphatic heterocycles. The Morgan fingerprint density at radius 2 is 1.90 bits per heavy atom. The highest BCUT2D eigenvalue weighted by Crippen LogP contribution is 2.18. The predicted molar refractivity (Wildman–Crippen MR) is 79.7 cm³/mol. The highest BCUT2D eigenvalue weighted by molar-refractivity contribution is 5.86. The molecule has 1 aromatic carbocycles. The minimum atomic E-state index is -0.808. The second-order valence-corrected chi connectivity index (χ2v) is 4.95. The molecule has 0 fully saturated rings. The molecular weight excluding hydrogens is 250 g/mol. The fourth-order valence-electron chi connectivity index (χ4n) is 2.17. The van der Waals surface area contributed by atoms with Gasteiger partial charge in [0.1, 0.15) is 0 Å². The highest BCUT2D eigenvalue weighted by atomic mass is 16.2. The fraction of sp³-hybridized carbons (Fsp3) is 0.500. The summed E-state index contributed by atoms with van der Waals surface area (Å²) in [6, 6.07) is 9.51. The number of nitrogens with two attached hydrogens (primary N) is 1. The van der Waals surface area contributed by atoms with Gasteiger partial charge in [0.25, 0.3) is 0 Å². The van der Waals surface area contributed by atoms with Crippen LogP contribution in [0.1, 0.15) is 44.7 Å². The van der Waals surface area contributed by atoms with Gasteiger partial charge in [0.2, 0.25) is 5.91 Å². The van der Waals surface area contributed by atoms with E-state index in [0.29, 0.717) is 31.5 Å². The first kappa shape index (κ1) is 16.2. The topological polar surface area (TPSA) is 70.1 Å². The van der Waals surface area contributed by atoms with E-state index < -0.39 is 5.54 Å². The number of nitrogens with zero attached hydrogens (tertiary/aromatic N) is 2. The quantitative estimate of drug-likeness (QED) is 0.865. The van der Waals surface area contributed by atoms with Crippen molar-refractivity contribution >= 4 is 5.91 Å². The maximum Gasteiger partial charge on any atom is 0.242 e. The van der Waals surface area contributed by atoms with E-state index in [2.05, 4.69) is 6.07 Å². The summed E-state index contributed by atoms with van der Waals surface area (Å²) in [5.74, 6) is -0.0438. The molecule has 0 unspecified atom stereocenters. The molecule has 0 saturated carbocycles. The maximum atomic E-state index is 12.6. The molecule has 0 aliphatic carbocycles. The third kappa shape index (κ3) is 3.37. The molecular formula is C16H23N3O. The molecule has 4 nitrogen and oxygen atoms in total. The van der Waals surface area contributed by atoms with Crippen molar-refractivity contribution in [2.75, 3.05) is 6.54 Å². The summed E-state index contributed by atoms with van der Waals surface area (Å²) in [6.07, 6.45) is 1.22. The van der Waals surface area contributed by atoms with Crippen molar-refractivity contribution in [1.29, 1.82) is 5.26 Å². The average molecular weight is 273 g/mol. The number of benzene rings is 1. The van der Waals surface area contributed by atoms with Crippen LogP contribution in [0.15, 0.2) is 24.3 Å². The molecule has 1 aromatic rings. The maximum absolute atomic E-state index is 12.6. The summed E-state index contributed by atoms with van der Waals surface area (Å²) in [7, 11) is 0. The summed E-state index contributed by atoms with van der Waals surface area (Å²) in [6.45, 7) is 6.80. The Bertz CT molecular complexity index is 501. The van der Waals surface area contributed by atoms with Gasteiger partial charge in [-0.1, -0.05) is 32.0 Å². The fourth-order valence-corrected chi connectivity index (χ4v) is 2.17. The molecule has 0 radical (unpaired) electrons. The van der Waals surface area contributed by atoms with E-state index in [1.165, 1.54) is 0 Å². The summed E-state index contributed by atoms with van der Waals surface area (Å²) < 4.78 is 0. The van der Waals surface area contributed by atoms with Crippen LogP contribution in [0.25, 0.3) is 0 Å². The van der Waals surface area contributed by atoms with E-state index in [9.17, 15) is 4.79 Å². The Morgan fingerprint density at radius 3 is 2.40 bits per heavy atom. The first-order valence-electron chi connectivity index (χ1n) is 7.08. The van der Waals surface area contributed by atoms with Gasteiger partial charge in [0.15, 0.2) is 0 Å². The predicted octanol–water partition coefficient (Wildman–Crippen LogP) is 2.42. The summed E-state index contributed by atoms with van der Waals surface area (Å²) in [4.78, 5) is 14.3. The molecule has 0 saturated heterocycles. The Balaban J connectivity index is 2.98. The van der Waals surface area contributed by atoms with Crippen LogP contribution in [0.3, 0.4) is 0 Å². The van der Waals surface area contributed by atoms with E-state index in [4.69, 9.17) is 11.0 Å². The third-order valence-electron chi connectivity index (χ3n) is 3.86. The van der Waals surface area contributed by atoms with E-state index in [1.54, 1.807) is 11.0 Å². The van der Waals surface area contributed by atoms with E-state index in [1.807, 2.05) is 39.0 Å². The lowest BCUT2D eigenvalue weighted by atomic mass is 9.92. The van der Waals surface area contributed by atoms with Crippen molar-refractivity contribution in [2.45, 2.75) is 45.7 Å². The van der Waals surface area contributed by atoms with Crippen molar-refractivity contribution < 1.29 is 4.79 Å². The molecule has 1 rings (SSSR count). The largest absolute Gasteiger partial charge is 0.337 e. The van der Waals surface area contributed by atoms with Gasteiger partial charge in [-0.25, -0.2) is 0 Å². The second-order valence-electron chi connectivity index (χ2n) is 4.95. The van der Waals surface area contributed by atoms with Crippen LogP contribution < -0.4 is 5.73 Å². The van der Waals surface area contributed by atoms with E-state index >= 15 is 0 Å². The van der Waals surface area contributed by atoms with Crippen LogP contribution in [-0.4, -0.2) is 22.9 Å². The van der Waals surface area contributed by atoms with E-state index in [-0.39, 0.29) is 5.91 Å². The van der Waals surface area contributed by atoms with E-state index in [0.717, 1.165) is 5.56 Å². The standard InChI is InChI=1S/C16H23N3O/c1-4-16(18,5-2)15(20)19(6-3)12-14-10-8-7-9-13(14)11-17/h7-10H,4-6,12,18H2,1-3H3. The van der Waals surface area contributed by atoms with Crippen LogP contribution in [0, 0.1) is 11.3 Å². The third-order valence-corrected chi connectivity index (χ3v) is 3.86. The molecule has 0 aromatic heterocycles. The summed E-state index contributed by atoms with van der Waals surface area (Å²) in [5.41, 5.74) is 6.84. The lowest BCUT2D eigenvalue weighted by Crippen LogP contribution is -2.54. The molecule has 0 bridgehead atoms. The van der Waals surface area contributed by atoms with Crippen molar-refractivity contribution in [3.63, 3.8) is 0 Å². The summed E-state index contributed by atoms with van der Waals surface area (Å²) >= 11 is 0. The minimum Gasteiger partial charge on any atom is -0.337 e. The van der Waals surface area contributed by atoms with Crippen LogP contribution in [-0.2, 0) is 11.3 Å². The van der Waals surface area contributed by atoms with Gasteiger partial charge in [-0.15, -0.1) is 0 Å². The van der Waals surface area contributed by atoms with Crippen LogP contribution in [0.2, 0.25) is 0 Å². The zero-order valence-electron chi connectivity index (χ0n) is 12.5. The zero-order valence-corrected chi connectivity index (χ0v) is 12.5. The molecule has 0 heterocycles. The van der Waals surface area contributed by atoms with Crippen molar-refractivity contribution in [2.24, 2.45) is 5.73 Å². The SMILES string of the molecule is CCN(Cc1ccccc1C#N)C(=O)C(N)(CC)CC. The molecule has 0 aliphatic rings. The molecule has 0 atom stereocenters. The molecule has 108 valence electrons. The number of hydrogen-bond acceptors (Lipinski definition) is 3. The van der Waals surface area contributed by atoms with Crippen LogP contribution in [0.5, 0.6) is 0 Å². The summed E-state index contributed by atoms with van der Waals surface area (Å²) in [5, 5.41) is 9.12. The van der Waals surface area contributed by atoms with Crippen molar-refractivity contribution in [1.82, 2.24) is 4.90 Å². The lowest BCUT2D eigenvalue weighted by Gasteiger charge is -2.32. The molecule has 1 amide bonds. The van der Waals surface area contributed by atoms with Gasteiger partial charge in [-0.3, -0.25) is 4.79 Å². The normalized spacial score (nSPS) is 10.9. The average Bonchev–Trinajstić information content (AvgIpc) is 2.51. The molecule has 20 heavy (non-hydrogen) atoms. The number of nitriles is 1. The number of carbonyl (C=O) groups excluding carboxylic acids is 1. The zero-order chi connectivity index (χ0) is 15.2. The highest BCUT2D eigenvalue weighted by Gasteiger charge is 2.33. The first-order valence-corrected chi connectivity index (χ1v) is 7.08. The molecule has 0 spiro atoms. The number of rotatable bonds is 6. The van der Waals surface area contributed by atoms with Crippen molar-refractivity contribution in [3.8, 4) is 6.07 Å². The first-order chi connectivity index (χ1) is 9.52. The number of hydrogen-bond donors (Lipinski definition) is 1. The van der Waals surface area contributed by atoms with Crippen LogP contribution in [0.4, 0.5) is 0 Å². The van der Waals surface area contributed by atoms with Crippen LogP contribution >= 0.6 is 0 Å². The Labute approximate surface area is 121 Å². The smallest absolute Gasteiger partial charge is 0.242 e. The Morgan fingerprint density at radius 1 is 1.30 bits per heavy atom. The monoisotopic (exact) mass is 273 g/mol. The van der Waals surface area contributed by atoms with Gasteiger partial charge in [0, 0.05) is 13.1 Å². The lowest BCUT2D eigenvalue weighted by molar-refractivity contribution is -0.137. The molecule has 4 heteroatoms. The number of likely N-dealkylation sites (N-methyl/N-ethyl adjacent to an activating group) is 1. The Hall–Kier alpha value is -1.86. The van der Waals surface area contributed by atoms with Gasteiger partial charge >= 0.3 is 0 Å². The Kier molecular flexibility index (Phi) is 5.72. The molecule has 2 N–H and O–H groups in total.